The molecule has 1 fully saturated rings. The molecule has 1 heterocycles. The molecule has 0 spiro atoms. The SMILES string of the molecule is CC(C)C[C@H](CC(=O)N1CCCCCC1)C(=O)O. The largest absolute Gasteiger partial charge is 0.481 e. The van der Waals surface area contributed by atoms with E-state index in [1.807, 2.05) is 18.7 Å². The van der Waals surface area contributed by atoms with E-state index in [0.717, 1.165) is 25.9 Å². The van der Waals surface area contributed by atoms with Crippen molar-refractivity contribution in [1.29, 1.82) is 0 Å². The molecule has 0 aromatic rings. The van der Waals surface area contributed by atoms with Crippen LogP contribution in [0.15, 0.2) is 0 Å². The van der Waals surface area contributed by atoms with Crippen molar-refractivity contribution in [1.82, 2.24) is 4.90 Å². The van der Waals surface area contributed by atoms with Crippen LogP contribution >= 0.6 is 0 Å². The Morgan fingerprint density at radius 1 is 1.11 bits per heavy atom. The molecule has 0 bridgehead atoms. The Hall–Kier alpha value is -1.06. The van der Waals surface area contributed by atoms with E-state index in [2.05, 4.69) is 0 Å². The number of nitrogens with zero attached hydrogens (tertiary/aromatic N) is 1. The van der Waals surface area contributed by atoms with Crippen molar-refractivity contribution in [3.63, 3.8) is 0 Å². The maximum Gasteiger partial charge on any atom is 0.307 e. The normalized spacial score (nSPS) is 18.5. The molecule has 0 aromatic carbocycles. The summed E-state index contributed by atoms with van der Waals surface area (Å²) in [4.78, 5) is 25.1. The second kappa shape index (κ2) is 7.39. The summed E-state index contributed by atoms with van der Waals surface area (Å²) in [6.07, 6.45) is 5.19. The zero-order valence-electron chi connectivity index (χ0n) is 11.5. The fourth-order valence-electron chi connectivity index (χ4n) is 2.50. The van der Waals surface area contributed by atoms with Gasteiger partial charge in [-0.1, -0.05) is 26.7 Å². The van der Waals surface area contributed by atoms with Crippen molar-refractivity contribution in [2.75, 3.05) is 13.1 Å². The first-order valence-corrected chi connectivity index (χ1v) is 7.01. The van der Waals surface area contributed by atoms with Gasteiger partial charge >= 0.3 is 5.97 Å². The Morgan fingerprint density at radius 2 is 1.67 bits per heavy atom. The Kier molecular flexibility index (Phi) is 6.16. The van der Waals surface area contributed by atoms with E-state index in [4.69, 9.17) is 5.11 Å². The molecule has 104 valence electrons. The number of likely N-dealkylation sites (tertiary alicyclic amines) is 1. The van der Waals surface area contributed by atoms with Gasteiger partial charge in [0, 0.05) is 19.5 Å². The van der Waals surface area contributed by atoms with E-state index in [0.29, 0.717) is 12.3 Å². The first-order chi connectivity index (χ1) is 8.50. The maximum atomic E-state index is 12.1. The van der Waals surface area contributed by atoms with E-state index >= 15 is 0 Å². The smallest absolute Gasteiger partial charge is 0.307 e. The molecule has 1 saturated heterocycles. The third-order valence-electron chi connectivity index (χ3n) is 3.48. The molecule has 1 aliphatic rings. The quantitative estimate of drug-likeness (QED) is 0.821. The number of carboxylic acids is 1. The van der Waals surface area contributed by atoms with Gasteiger partial charge in [-0.05, 0) is 25.2 Å². The van der Waals surface area contributed by atoms with Crippen LogP contribution in [0.3, 0.4) is 0 Å². The van der Waals surface area contributed by atoms with Crippen molar-refractivity contribution in [2.24, 2.45) is 11.8 Å². The molecule has 0 unspecified atom stereocenters. The third kappa shape index (κ3) is 5.07. The van der Waals surface area contributed by atoms with Gasteiger partial charge in [-0.15, -0.1) is 0 Å². The van der Waals surface area contributed by atoms with Gasteiger partial charge in [-0.3, -0.25) is 9.59 Å². The summed E-state index contributed by atoms with van der Waals surface area (Å²) < 4.78 is 0. The first kappa shape index (κ1) is 15.0. The van der Waals surface area contributed by atoms with Crippen LogP contribution in [0.25, 0.3) is 0 Å². The van der Waals surface area contributed by atoms with Crippen LogP contribution in [0.1, 0.15) is 52.4 Å². The minimum atomic E-state index is -0.841. The number of carbonyl (C=O) groups is 2. The molecule has 0 aliphatic carbocycles. The van der Waals surface area contributed by atoms with Crippen LogP contribution in [0, 0.1) is 11.8 Å². The summed E-state index contributed by atoms with van der Waals surface area (Å²) in [5.74, 6) is -1.04. The van der Waals surface area contributed by atoms with E-state index in [-0.39, 0.29) is 12.3 Å². The van der Waals surface area contributed by atoms with E-state index < -0.39 is 11.9 Å². The minimum Gasteiger partial charge on any atom is -0.481 e. The topological polar surface area (TPSA) is 57.6 Å². The van der Waals surface area contributed by atoms with Gasteiger partial charge < -0.3 is 10.0 Å². The second-order valence-corrected chi connectivity index (χ2v) is 5.66. The summed E-state index contributed by atoms with van der Waals surface area (Å²) in [5.41, 5.74) is 0. The van der Waals surface area contributed by atoms with Gasteiger partial charge in [0.05, 0.1) is 5.92 Å². The summed E-state index contributed by atoms with van der Waals surface area (Å²) in [5, 5.41) is 9.15. The lowest BCUT2D eigenvalue weighted by molar-refractivity contribution is -0.146. The van der Waals surface area contributed by atoms with Gasteiger partial charge in [0.15, 0.2) is 0 Å². The van der Waals surface area contributed by atoms with Crippen LogP contribution in [-0.2, 0) is 9.59 Å². The number of aliphatic carboxylic acids is 1. The minimum absolute atomic E-state index is 0.0185. The van der Waals surface area contributed by atoms with Crippen LogP contribution in [0.5, 0.6) is 0 Å². The van der Waals surface area contributed by atoms with Crippen molar-refractivity contribution >= 4 is 11.9 Å². The number of rotatable bonds is 5. The molecule has 0 radical (unpaired) electrons. The zero-order valence-corrected chi connectivity index (χ0v) is 11.5. The fourth-order valence-corrected chi connectivity index (χ4v) is 2.50. The molecule has 1 amide bonds. The standard InChI is InChI=1S/C14H25NO3/c1-11(2)9-12(14(17)18)10-13(16)15-7-5-3-4-6-8-15/h11-12H,3-10H2,1-2H3,(H,17,18)/t12-/m1/s1. The Morgan fingerprint density at radius 3 is 2.11 bits per heavy atom. The van der Waals surface area contributed by atoms with Crippen LogP contribution in [-0.4, -0.2) is 35.0 Å². The zero-order chi connectivity index (χ0) is 13.5. The molecule has 4 heteroatoms. The Bertz CT molecular complexity index is 281. The van der Waals surface area contributed by atoms with Crippen LogP contribution < -0.4 is 0 Å². The predicted octanol–water partition coefficient (Wildman–Crippen LogP) is 2.53. The molecular weight excluding hydrogens is 230 g/mol. The number of carboxylic acid groups (broad SMARTS) is 1. The lowest BCUT2D eigenvalue weighted by Crippen LogP contribution is -2.34. The average Bonchev–Trinajstić information content (AvgIpc) is 2.55. The van der Waals surface area contributed by atoms with Gasteiger partial charge in [0.25, 0.3) is 0 Å². The van der Waals surface area contributed by atoms with E-state index in [1.54, 1.807) is 0 Å². The number of amides is 1. The fraction of sp³-hybridized carbons (Fsp3) is 0.857. The Labute approximate surface area is 109 Å². The van der Waals surface area contributed by atoms with Crippen LogP contribution in [0.2, 0.25) is 0 Å². The molecule has 0 aromatic heterocycles. The van der Waals surface area contributed by atoms with Crippen molar-refractivity contribution in [3.05, 3.63) is 0 Å². The molecular formula is C14H25NO3. The van der Waals surface area contributed by atoms with Crippen molar-refractivity contribution < 1.29 is 14.7 Å². The van der Waals surface area contributed by atoms with Crippen molar-refractivity contribution in [3.8, 4) is 0 Å². The second-order valence-electron chi connectivity index (χ2n) is 5.66. The van der Waals surface area contributed by atoms with Gasteiger partial charge in [-0.25, -0.2) is 0 Å². The summed E-state index contributed by atoms with van der Waals surface area (Å²) in [6.45, 7) is 5.58. The molecule has 0 saturated carbocycles. The van der Waals surface area contributed by atoms with Crippen molar-refractivity contribution in [2.45, 2.75) is 52.4 Å². The summed E-state index contributed by atoms with van der Waals surface area (Å²) >= 11 is 0. The first-order valence-electron chi connectivity index (χ1n) is 7.01. The van der Waals surface area contributed by atoms with E-state index in [9.17, 15) is 9.59 Å². The molecule has 4 nitrogen and oxygen atoms in total. The molecule has 18 heavy (non-hydrogen) atoms. The van der Waals surface area contributed by atoms with Gasteiger partial charge in [-0.2, -0.15) is 0 Å². The van der Waals surface area contributed by atoms with Crippen LogP contribution in [0.4, 0.5) is 0 Å². The highest BCUT2D eigenvalue weighted by molar-refractivity contribution is 5.82. The van der Waals surface area contributed by atoms with Gasteiger partial charge in [0.1, 0.15) is 0 Å². The monoisotopic (exact) mass is 255 g/mol. The summed E-state index contributed by atoms with van der Waals surface area (Å²) in [7, 11) is 0. The number of carbonyl (C=O) groups excluding carboxylic acids is 1. The highest BCUT2D eigenvalue weighted by atomic mass is 16.4. The number of hydrogen-bond donors (Lipinski definition) is 1. The Balaban J connectivity index is 2.51. The van der Waals surface area contributed by atoms with E-state index in [1.165, 1.54) is 12.8 Å². The highest BCUT2D eigenvalue weighted by Crippen LogP contribution is 2.18. The molecule has 1 atom stereocenters. The lowest BCUT2D eigenvalue weighted by Gasteiger charge is -2.23. The summed E-state index contributed by atoms with van der Waals surface area (Å²) in [6, 6.07) is 0. The maximum absolute atomic E-state index is 12.1. The third-order valence-corrected chi connectivity index (χ3v) is 3.48. The molecule has 1 N–H and O–H groups in total. The predicted molar refractivity (Wildman–Crippen MR) is 70.2 cm³/mol. The molecule has 1 aliphatic heterocycles. The number of hydrogen-bond acceptors (Lipinski definition) is 2. The lowest BCUT2D eigenvalue weighted by atomic mass is 9.94. The highest BCUT2D eigenvalue weighted by Gasteiger charge is 2.25. The molecule has 1 rings (SSSR count). The average molecular weight is 255 g/mol. The van der Waals surface area contributed by atoms with Gasteiger partial charge in [0.2, 0.25) is 5.91 Å².